The molecule has 0 spiro atoms. The standard InChI is InChI=1S/C25H25NO2S/c1-4-18-7-9-19(10-8-18)25(23-6-5-11-29-23)26-15-20-14-24(27)28-22-13-17(3)16(2)12-21(20)22/h5-14,25-26H,4,15H2,1-3H3/t25-/m0/s1. The zero-order valence-corrected chi connectivity index (χ0v) is 17.8. The van der Waals surface area contributed by atoms with Crippen LogP contribution in [-0.2, 0) is 13.0 Å². The molecule has 1 atom stereocenters. The number of thiophene rings is 1. The number of benzene rings is 2. The first-order valence-corrected chi connectivity index (χ1v) is 10.8. The van der Waals surface area contributed by atoms with Crippen molar-refractivity contribution in [2.24, 2.45) is 0 Å². The van der Waals surface area contributed by atoms with E-state index >= 15 is 0 Å². The van der Waals surface area contributed by atoms with Crippen molar-refractivity contribution in [3.63, 3.8) is 0 Å². The predicted molar refractivity (Wildman–Crippen MR) is 121 cm³/mol. The molecule has 1 N–H and O–H groups in total. The molecule has 2 heterocycles. The van der Waals surface area contributed by atoms with Crippen LogP contribution in [0.4, 0.5) is 0 Å². The second kappa shape index (κ2) is 8.36. The summed E-state index contributed by atoms with van der Waals surface area (Å²) in [7, 11) is 0. The highest BCUT2D eigenvalue weighted by atomic mass is 32.1. The average Bonchev–Trinajstić information content (AvgIpc) is 3.24. The molecular formula is C25H25NO2S. The zero-order valence-electron chi connectivity index (χ0n) is 17.0. The van der Waals surface area contributed by atoms with Gasteiger partial charge in [0.25, 0.3) is 0 Å². The van der Waals surface area contributed by atoms with E-state index in [0.29, 0.717) is 12.1 Å². The fourth-order valence-corrected chi connectivity index (χ4v) is 4.45. The Morgan fingerprint density at radius 3 is 2.48 bits per heavy atom. The van der Waals surface area contributed by atoms with Crippen LogP contribution >= 0.6 is 11.3 Å². The summed E-state index contributed by atoms with van der Waals surface area (Å²) in [5.74, 6) is 0. The third-order valence-corrected chi connectivity index (χ3v) is 6.43. The van der Waals surface area contributed by atoms with Crippen LogP contribution < -0.4 is 10.9 Å². The van der Waals surface area contributed by atoms with Crippen LogP contribution in [0, 0.1) is 13.8 Å². The van der Waals surface area contributed by atoms with Gasteiger partial charge in [0.05, 0.1) is 6.04 Å². The monoisotopic (exact) mass is 403 g/mol. The minimum absolute atomic E-state index is 0.0785. The van der Waals surface area contributed by atoms with Gasteiger partial charge in [-0.05, 0) is 71.7 Å². The normalized spacial score (nSPS) is 12.4. The van der Waals surface area contributed by atoms with Gasteiger partial charge in [-0.1, -0.05) is 37.3 Å². The van der Waals surface area contributed by atoms with Gasteiger partial charge in [0.1, 0.15) is 5.58 Å². The molecule has 4 aromatic rings. The molecule has 0 aliphatic heterocycles. The zero-order chi connectivity index (χ0) is 20.4. The molecule has 0 amide bonds. The van der Waals surface area contributed by atoms with E-state index in [1.54, 1.807) is 17.4 Å². The highest BCUT2D eigenvalue weighted by molar-refractivity contribution is 7.10. The Labute approximate surface area is 175 Å². The number of nitrogens with one attached hydrogen (secondary N) is 1. The Hall–Kier alpha value is -2.69. The molecule has 0 fully saturated rings. The van der Waals surface area contributed by atoms with Crippen LogP contribution in [0.25, 0.3) is 11.0 Å². The van der Waals surface area contributed by atoms with E-state index in [1.807, 2.05) is 13.0 Å². The summed E-state index contributed by atoms with van der Waals surface area (Å²) in [6.07, 6.45) is 1.03. The smallest absolute Gasteiger partial charge is 0.336 e. The van der Waals surface area contributed by atoms with Gasteiger partial charge in [0, 0.05) is 22.9 Å². The molecule has 0 unspecified atom stereocenters. The number of hydrogen-bond donors (Lipinski definition) is 1. The highest BCUT2D eigenvalue weighted by Crippen LogP contribution is 2.28. The van der Waals surface area contributed by atoms with Gasteiger partial charge in [-0.2, -0.15) is 0 Å². The van der Waals surface area contributed by atoms with E-state index in [-0.39, 0.29) is 11.7 Å². The largest absolute Gasteiger partial charge is 0.423 e. The molecule has 29 heavy (non-hydrogen) atoms. The lowest BCUT2D eigenvalue weighted by molar-refractivity contribution is 0.553. The first-order valence-electron chi connectivity index (χ1n) is 9.94. The Balaban J connectivity index is 1.69. The van der Waals surface area contributed by atoms with E-state index < -0.39 is 0 Å². The van der Waals surface area contributed by atoms with Gasteiger partial charge in [0.2, 0.25) is 0 Å². The Morgan fingerprint density at radius 2 is 1.79 bits per heavy atom. The second-order valence-corrected chi connectivity index (χ2v) is 8.43. The Kier molecular flexibility index (Phi) is 5.65. The van der Waals surface area contributed by atoms with Gasteiger partial charge >= 0.3 is 5.63 Å². The number of aryl methyl sites for hydroxylation is 3. The summed E-state index contributed by atoms with van der Waals surface area (Å²) in [4.78, 5) is 13.4. The molecule has 4 rings (SSSR count). The van der Waals surface area contributed by atoms with Gasteiger partial charge in [-0.3, -0.25) is 0 Å². The van der Waals surface area contributed by atoms with Crippen LogP contribution in [0.2, 0.25) is 0 Å². The third-order valence-electron chi connectivity index (χ3n) is 5.49. The van der Waals surface area contributed by atoms with Crippen molar-refractivity contribution in [2.45, 2.75) is 39.8 Å². The van der Waals surface area contributed by atoms with Gasteiger partial charge in [0.15, 0.2) is 0 Å². The fourth-order valence-electron chi connectivity index (χ4n) is 3.63. The van der Waals surface area contributed by atoms with Crippen molar-refractivity contribution < 1.29 is 4.42 Å². The lowest BCUT2D eigenvalue weighted by atomic mass is 10.0. The van der Waals surface area contributed by atoms with Crippen molar-refractivity contribution in [3.05, 3.63) is 103 Å². The van der Waals surface area contributed by atoms with E-state index in [1.165, 1.54) is 21.6 Å². The molecule has 0 saturated heterocycles. The van der Waals surface area contributed by atoms with E-state index in [4.69, 9.17) is 4.42 Å². The minimum atomic E-state index is -0.308. The van der Waals surface area contributed by atoms with E-state index in [9.17, 15) is 4.79 Å². The van der Waals surface area contributed by atoms with Crippen molar-refractivity contribution in [1.29, 1.82) is 0 Å². The summed E-state index contributed by atoms with van der Waals surface area (Å²) in [5, 5.41) is 6.77. The van der Waals surface area contributed by atoms with Crippen LogP contribution in [0.15, 0.2) is 69.2 Å². The molecule has 0 bridgehead atoms. The molecular weight excluding hydrogens is 378 g/mol. The number of fused-ring (bicyclic) bond motifs is 1. The molecule has 0 saturated carbocycles. The van der Waals surface area contributed by atoms with Gasteiger partial charge < -0.3 is 9.73 Å². The summed E-state index contributed by atoms with van der Waals surface area (Å²) in [6.45, 7) is 6.87. The number of rotatable bonds is 6. The topological polar surface area (TPSA) is 42.2 Å². The Morgan fingerprint density at radius 1 is 1.03 bits per heavy atom. The first-order chi connectivity index (χ1) is 14.0. The van der Waals surface area contributed by atoms with Crippen LogP contribution in [0.5, 0.6) is 0 Å². The van der Waals surface area contributed by atoms with Gasteiger partial charge in [-0.15, -0.1) is 11.3 Å². The maximum absolute atomic E-state index is 12.1. The van der Waals surface area contributed by atoms with E-state index in [0.717, 1.165) is 22.9 Å². The fraction of sp³-hybridized carbons (Fsp3) is 0.240. The molecule has 0 radical (unpaired) electrons. The summed E-state index contributed by atoms with van der Waals surface area (Å²) >= 11 is 1.74. The maximum Gasteiger partial charge on any atom is 0.336 e. The highest BCUT2D eigenvalue weighted by Gasteiger charge is 2.16. The van der Waals surface area contributed by atoms with E-state index in [2.05, 4.69) is 67.0 Å². The molecule has 2 aromatic carbocycles. The minimum Gasteiger partial charge on any atom is -0.423 e. The van der Waals surface area contributed by atoms with Crippen LogP contribution in [0.3, 0.4) is 0 Å². The first kappa shape index (κ1) is 19.6. The molecule has 4 heteroatoms. The second-order valence-electron chi connectivity index (χ2n) is 7.45. The summed E-state index contributed by atoms with van der Waals surface area (Å²) in [5.41, 5.74) is 6.18. The van der Waals surface area contributed by atoms with Gasteiger partial charge in [-0.25, -0.2) is 4.79 Å². The molecule has 0 aliphatic rings. The van der Waals surface area contributed by atoms with Crippen LogP contribution in [-0.4, -0.2) is 0 Å². The average molecular weight is 404 g/mol. The van der Waals surface area contributed by atoms with Crippen LogP contribution in [0.1, 0.15) is 45.7 Å². The number of hydrogen-bond acceptors (Lipinski definition) is 4. The van der Waals surface area contributed by atoms with Crippen molar-refractivity contribution in [2.75, 3.05) is 0 Å². The molecule has 2 aromatic heterocycles. The molecule has 3 nitrogen and oxygen atoms in total. The predicted octanol–water partition coefficient (Wildman–Crippen LogP) is 5.91. The lowest BCUT2D eigenvalue weighted by Gasteiger charge is -2.19. The SMILES string of the molecule is CCc1ccc([C@H](NCc2cc(=O)oc3cc(C)c(C)cc23)c2cccs2)cc1. The third kappa shape index (κ3) is 4.19. The molecule has 0 aliphatic carbocycles. The van der Waals surface area contributed by atoms with Crippen molar-refractivity contribution >= 4 is 22.3 Å². The summed E-state index contributed by atoms with van der Waals surface area (Å²) < 4.78 is 5.45. The Bertz CT molecular complexity index is 1170. The van der Waals surface area contributed by atoms with Crippen molar-refractivity contribution in [3.8, 4) is 0 Å². The maximum atomic E-state index is 12.1. The molecule has 148 valence electrons. The summed E-state index contributed by atoms with van der Waals surface area (Å²) in [6, 6.07) is 18.8. The van der Waals surface area contributed by atoms with Crippen molar-refractivity contribution in [1.82, 2.24) is 5.32 Å². The quantitative estimate of drug-likeness (QED) is 0.407. The lowest BCUT2D eigenvalue weighted by Crippen LogP contribution is -2.22.